The van der Waals surface area contributed by atoms with Gasteiger partial charge in [0, 0.05) is 10.0 Å². The maximum atomic E-state index is 10.6. The molecule has 0 fully saturated rings. The molecular formula is C10H10BrClO3. The molecule has 82 valence electrons. The minimum Gasteiger partial charge on any atom is -0.389 e. The van der Waals surface area contributed by atoms with E-state index in [1.165, 1.54) is 0 Å². The lowest BCUT2D eigenvalue weighted by atomic mass is 10.0. The Balaban J connectivity index is 3.09. The molecule has 0 saturated heterocycles. The third-order valence-electron chi connectivity index (χ3n) is 2.03. The average molecular weight is 294 g/mol. The molecular weight excluding hydrogens is 283 g/mol. The zero-order chi connectivity index (χ0) is 11.4. The minimum atomic E-state index is -1.10. The molecule has 3 nitrogen and oxygen atoms in total. The van der Waals surface area contributed by atoms with E-state index < -0.39 is 12.2 Å². The van der Waals surface area contributed by atoms with Crippen LogP contribution < -0.4 is 0 Å². The van der Waals surface area contributed by atoms with Crippen molar-refractivity contribution in [1.82, 2.24) is 0 Å². The van der Waals surface area contributed by atoms with Crippen LogP contribution in [-0.4, -0.2) is 28.5 Å². The van der Waals surface area contributed by atoms with Crippen molar-refractivity contribution < 1.29 is 15.0 Å². The largest absolute Gasteiger partial charge is 0.389 e. The zero-order valence-corrected chi connectivity index (χ0v) is 10.1. The Kier molecular flexibility index (Phi) is 4.73. The number of hydrogen-bond donors (Lipinski definition) is 2. The van der Waals surface area contributed by atoms with Crippen LogP contribution in [0.5, 0.6) is 0 Å². The van der Waals surface area contributed by atoms with Gasteiger partial charge in [-0.05, 0) is 21.5 Å². The number of aldehydes is 1. The maximum Gasteiger partial charge on any atom is 0.151 e. The fourth-order valence-corrected chi connectivity index (χ4v) is 1.94. The van der Waals surface area contributed by atoms with Crippen LogP contribution in [0.3, 0.4) is 0 Å². The highest BCUT2D eigenvalue weighted by Crippen LogP contribution is 2.28. The number of rotatable bonds is 4. The molecule has 1 rings (SSSR count). The van der Waals surface area contributed by atoms with Gasteiger partial charge in [0.1, 0.15) is 6.10 Å². The second-order valence-corrected chi connectivity index (χ2v) is 4.14. The van der Waals surface area contributed by atoms with Crippen LogP contribution in [0.1, 0.15) is 22.0 Å². The number of aliphatic hydroxyl groups is 2. The standard InChI is InChI=1S/C10H10BrClO3/c11-9-6(5-13)2-1-3-7(9)10(15)8(14)4-12/h1-3,5,8,10,14-15H,4H2. The van der Waals surface area contributed by atoms with Crippen molar-refractivity contribution in [2.75, 3.05) is 5.88 Å². The fraction of sp³-hybridized carbons (Fsp3) is 0.300. The van der Waals surface area contributed by atoms with Crippen molar-refractivity contribution in [1.29, 1.82) is 0 Å². The first-order chi connectivity index (χ1) is 7.11. The summed E-state index contributed by atoms with van der Waals surface area (Å²) in [6.07, 6.45) is -1.48. The predicted molar refractivity (Wildman–Crippen MR) is 61.2 cm³/mol. The summed E-state index contributed by atoms with van der Waals surface area (Å²) in [6.45, 7) is 0. The van der Waals surface area contributed by atoms with E-state index in [1.54, 1.807) is 18.2 Å². The molecule has 15 heavy (non-hydrogen) atoms. The van der Waals surface area contributed by atoms with Gasteiger partial charge in [-0.3, -0.25) is 4.79 Å². The molecule has 0 saturated carbocycles. The molecule has 0 aliphatic heterocycles. The molecule has 1 aromatic rings. The van der Waals surface area contributed by atoms with E-state index in [0.717, 1.165) is 0 Å². The lowest BCUT2D eigenvalue weighted by Gasteiger charge is -2.17. The van der Waals surface area contributed by atoms with E-state index >= 15 is 0 Å². The first-order valence-corrected chi connectivity index (χ1v) is 5.60. The maximum absolute atomic E-state index is 10.6. The van der Waals surface area contributed by atoms with Crippen molar-refractivity contribution >= 4 is 33.8 Å². The second kappa shape index (κ2) is 5.61. The van der Waals surface area contributed by atoms with Crippen LogP contribution in [0.15, 0.2) is 22.7 Å². The molecule has 0 heterocycles. The number of hydrogen-bond acceptors (Lipinski definition) is 3. The molecule has 2 unspecified atom stereocenters. The van der Waals surface area contributed by atoms with Crippen molar-refractivity contribution in [3.8, 4) is 0 Å². The van der Waals surface area contributed by atoms with Crippen LogP contribution in [0.2, 0.25) is 0 Å². The lowest BCUT2D eigenvalue weighted by molar-refractivity contribution is 0.0322. The Hall–Kier alpha value is -0.420. The quantitative estimate of drug-likeness (QED) is 0.658. The Labute approximate surface area is 101 Å². The third-order valence-corrected chi connectivity index (χ3v) is 3.26. The van der Waals surface area contributed by atoms with Crippen molar-refractivity contribution in [2.45, 2.75) is 12.2 Å². The Morgan fingerprint density at radius 1 is 1.47 bits per heavy atom. The first kappa shape index (κ1) is 12.6. The molecule has 2 atom stereocenters. The smallest absolute Gasteiger partial charge is 0.151 e. The summed E-state index contributed by atoms with van der Waals surface area (Å²) in [6, 6.07) is 4.87. The molecule has 0 spiro atoms. The molecule has 0 aliphatic rings. The zero-order valence-electron chi connectivity index (χ0n) is 7.73. The van der Waals surface area contributed by atoms with Crippen LogP contribution in [0.4, 0.5) is 0 Å². The first-order valence-electron chi connectivity index (χ1n) is 4.27. The number of carbonyl (C=O) groups is 1. The summed E-state index contributed by atoms with van der Waals surface area (Å²) in [5.74, 6) is -0.0705. The average Bonchev–Trinajstić information content (AvgIpc) is 2.27. The molecule has 2 N–H and O–H groups in total. The van der Waals surface area contributed by atoms with Gasteiger partial charge >= 0.3 is 0 Å². The molecule has 0 aliphatic carbocycles. The van der Waals surface area contributed by atoms with E-state index in [4.69, 9.17) is 11.6 Å². The fourth-order valence-electron chi connectivity index (χ4n) is 1.18. The van der Waals surface area contributed by atoms with Gasteiger partial charge in [-0.2, -0.15) is 0 Å². The summed E-state index contributed by atoms with van der Waals surface area (Å²) >= 11 is 8.62. The molecule has 5 heteroatoms. The van der Waals surface area contributed by atoms with Gasteiger partial charge in [-0.15, -0.1) is 11.6 Å². The van der Waals surface area contributed by atoms with Crippen LogP contribution >= 0.6 is 27.5 Å². The normalized spacial score (nSPS) is 14.7. The summed E-state index contributed by atoms with van der Waals surface area (Å²) in [7, 11) is 0. The van der Waals surface area contributed by atoms with Crippen LogP contribution in [0.25, 0.3) is 0 Å². The highest BCUT2D eigenvalue weighted by Gasteiger charge is 2.20. The van der Waals surface area contributed by atoms with E-state index in [2.05, 4.69) is 15.9 Å². The topological polar surface area (TPSA) is 57.5 Å². The van der Waals surface area contributed by atoms with Crippen LogP contribution in [-0.2, 0) is 0 Å². The highest BCUT2D eigenvalue weighted by atomic mass is 79.9. The molecule has 1 aromatic carbocycles. The molecule has 0 amide bonds. The SMILES string of the molecule is O=Cc1cccc(C(O)C(O)CCl)c1Br. The van der Waals surface area contributed by atoms with Crippen LogP contribution in [0, 0.1) is 0 Å². The summed E-state index contributed by atoms with van der Waals surface area (Å²) in [4.78, 5) is 10.6. The number of aliphatic hydroxyl groups excluding tert-OH is 2. The van der Waals surface area contributed by atoms with Gasteiger partial charge in [0.25, 0.3) is 0 Å². The third kappa shape index (κ3) is 2.78. The van der Waals surface area contributed by atoms with E-state index in [0.29, 0.717) is 21.9 Å². The Morgan fingerprint density at radius 3 is 2.67 bits per heavy atom. The van der Waals surface area contributed by atoms with Gasteiger partial charge in [0.15, 0.2) is 6.29 Å². The van der Waals surface area contributed by atoms with Gasteiger partial charge in [0.2, 0.25) is 0 Å². The van der Waals surface area contributed by atoms with Crippen molar-refractivity contribution in [2.24, 2.45) is 0 Å². The highest BCUT2D eigenvalue weighted by molar-refractivity contribution is 9.10. The van der Waals surface area contributed by atoms with Crippen molar-refractivity contribution in [3.05, 3.63) is 33.8 Å². The number of carbonyl (C=O) groups excluding carboxylic acids is 1. The van der Waals surface area contributed by atoms with Gasteiger partial charge in [-0.25, -0.2) is 0 Å². The predicted octanol–water partition coefficient (Wildman–Crippen LogP) is 1.89. The lowest BCUT2D eigenvalue weighted by Crippen LogP contribution is -2.20. The molecule has 0 aromatic heterocycles. The van der Waals surface area contributed by atoms with Gasteiger partial charge < -0.3 is 10.2 Å². The Bertz CT molecular complexity index is 357. The molecule has 0 radical (unpaired) electrons. The summed E-state index contributed by atoms with van der Waals surface area (Å²) < 4.78 is 0.483. The van der Waals surface area contributed by atoms with Gasteiger partial charge in [-0.1, -0.05) is 18.2 Å². The minimum absolute atomic E-state index is 0.0705. The summed E-state index contributed by atoms with van der Waals surface area (Å²) in [5.41, 5.74) is 0.876. The number of alkyl halides is 1. The van der Waals surface area contributed by atoms with E-state index in [-0.39, 0.29) is 5.88 Å². The van der Waals surface area contributed by atoms with Crippen molar-refractivity contribution in [3.63, 3.8) is 0 Å². The monoisotopic (exact) mass is 292 g/mol. The van der Waals surface area contributed by atoms with E-state index in [1.807, 2.05) is 0 Å². The number of benzene rings is 1. The summed E-state index contributed by atoms with van der Waals surface area (Å²) in [5, 5.41) is 19.1. The molecule has 0 bridgehead atoms. The van der Waals surface area contributed by atoms with Gasteiger partial charge in [0.05, 0.1) is 12.0 Å². The number of halogens is 2. The Morgan fingerprint density at radius 2 is 2.13 bits per heavy atom. The second-order valence-electron chi connectivity index (χ2n) is 3.03. The van der Waals surface area contributed by atoms with E-state index in [9.17, 15) is 15.0 Å².